The molecule has 4 nitrogen and oxygen atoms in total. The van der Waals surface area contributed by atoms with Gasteiger partial charge in [-0.15, -0.1) is 0 Å². The molecule has 2 aromatic carbocycles. The molecule has 1 aliphatic rings. The third kappa shape index (κ3) is 5.02. The SMILES string of the molecule is O=C(NCc1ccc(Cl)cc1)N1CCOC(c2cc(Cl)cc(Cl)c2)C1. The van der Waals surface area contributed by atoms with Crippen LogP contribution in [0.2, 0.25) is 15.1 Å². The van der Waals surface area contributed by atoms with Crippen molar-refractivity contribution in [2.75, 3.05) is 19.7 Å². The summed E-state index contributed by atoms with van der Waals surface area (Å²) in [6, 6.07) is 12.5. The number of nitrogens with one attached hydrogen (secondary N) is 1. The first-order valence-electron chi connectivity index (χ1n) is 7.86. The third-order valence-electron chi connectivity index (χ3n) is 3.97. The average molecular weight is 400 g/mol. The van der Waals surface area contributed by atoms with E-state index in [9.17, 15) is 4.79 Å². The van der Waals surface area contributed by atoms with Gasteiger partial charge in [-0.2, -0.15) is 0 Å². The first-order valence-corrected chi connectivity index (χ1v) is 8.99. The quantitative estimate of drug-likeness (QED) is 0.795. The van der Waals surface area contributed by atoms with Gasteiger partial charge in [0.1, 0.15) is 6.10 Å². The molecule has 2 aromatic rings. The Hall–Kier alpha value is -1.46. The second kappa shape index (κ2) is 8.28. The van der Waals surface area contributed by atoms with Crippen molar-refractivity contribution in [3.05, 3.63) is 68.7 Å². The van der Waals surface area contributed by atoms with Crippen molar-refractivity contribution in [1.29, 1.82) is 0 Å². The fourth-order valence-corrected chi connectivity index (χ4v) is 3.36. The molecular weight excluding hydrogens is 383 g/mol. The Kier molecular flexibility index (Phi) is 6.07. The molecule has 0 aliphatic carbocycles. The zero-order valence-corrected chi connectivity index (χ0v) is 15.6. The second-order valence-corrected chi connectivity index (χ2v) is 7.10. The minimum atomic E-state index is -0.244. The number of nitrogens with zero attached hydrogens (tertiary/aromatic N) is 1. The Labute approximate surface area is 161 Å². The van der Waals surface area contributed by atoms with E-state index in [4.69, 9.17) is 39.5 Å². The van der Waals surface area contributed by atoms with Crippen LogP contribution >= 0.6 is 34.8 Å². The number of morpholine rings is 1. The van der Waals surface area contributed by atoms with E-state index in [1.54, 1.807) is 23.1 Å². The van der Waals surface area contributed by atoms with Gasteiger partial charge in [0.05, 0.1) is 13.2 Å². The standard InChI is InChI=1S/C18H17Cl3N2O2/c19-14-3-1-12(2-4-14)10-22-18(24)23-5-6-25-17(11-23)13-7-15(20)9-16(21)8-13/h1-4,7-9,17H,5-6,10-11H2,(H,22,24). The molecular formula is C18H17Cl3N2O2. The summed E-state index contributed by atoms with van der Waals surface area (Å²) in [5.74, 6) is 0. The molecule has 1 heterocycles. The summed E-state index contributed by atoms with van der Waals surface area (Å²) < 4.78 is 5.78. The monoisotopic (exact) mass is 398 g/mol. The molecule has 132 valence electrons. The highest BCUT2D eigenvalue weighted by Gasteiger charge is 2.25. The first kappa shape index (κ1) is 18.3. The van der Waals surface area contributed by atoms with Gasteiger partial charge in [0.25, 0.3) is 0 Å². The Morgan fingerprint density at radius 2 is 1.76 bits per heavy atom. The average Bonchev–Trinajstić information content (AvgIpc) is 2.60. The van der Waals surface area contributed by atoms with E-state index in [-0.39, 0.29) is 12.1 Å². The van der Waals surface area contributed by atoms with Gasteiger partial charge in [0.15, 0.2) is 0 Å². The lowest BCUT2D eigenvalue weighted by molar-refractivity contribution is -0.0154. The Balaban J connectivity index is 1.60. The van der Waals surface area contributed by atoms with Crippen LogP contribution in [0.1, 0.15) is 17.2 Å². The van der Waals surface area contributed by atoms with Crippen molar-refractivity contribution in [2.45, 2.75) is 12.6 Å². The van der Waals surface area contributed by atoms with Gasteiger partial charge in [0.2, 0.25) is 0 Å². The van der Waals surface area contributed by atoms with Crippen LogP contribution in [0.15, 0.2) is 42.5 Å². The summed E-state index contributed by atoms with van der Waals surface area (Å²) in [7, 11) is 0. The molecule has 7 heteroatoms. The van der Waals surface area contributed by atoms with Gasteiger partial charge in [-0.3, -0.25) is 0 Å². The molecule has 0 aromatic heterocycles. The molecule has 1 fully saturated rings. The van der Waals surface area contributed by atoms with E-state index in [0.717, 1.165) is 11.1 Å². The van der Waals surface area contributed by atoms with Gasteiger partial charge in [-0.05, 0) is 41.5 Å². The molecule has 25 heavy (non-hydrogen) atoms. The van der Waals surface area contributed by atoms with Crippen molar-refractivity contribution >= 4 is 40.8 Å². The van der Waals surface area contributed by atoms with Crippen molar-refractivity contribution in [3.8, 4) is 0 Å². The van der Waals surface area contributed by atoms with Crippen LogP contribution in [-0.4, -0.2) is 30.6 Å². The minimum absolute atomic E-state index is 0.128. The van der Waals surface area contributed by atoms with E-state index in [1.807, 2.05) is 24.3 Å². The number of hydrogen-bond acceptors (Lipinski definition) is 2. The number of carbonyl (C=O) groups excluding carboxylic acids is 1. The zero-order chi connectivity index (χ0) is 17.8. The summed E-state index contributed by atoms with van der Waals surface area (Å²) in [6.45, 7) is 1.89. The van der Waals surface area contributed by atoms with Gasteiger partial charge >= 0.3 is 6.03 Å². The van der Waals surface area contributed by atoms with Crippen LogP contribution in [0, 0.1) is 0 Å². The number of halogens is 3. The fraction of sp³-hybridized carbons (Fsp3) is 0.278. The summed E-state index contributed by atoms with van der Waals surface area (Å²) in [5, 5.41) is 4.69. The van der Waals surface area contributed by atoms with E-state index >= 15 is 0 Å². The largest absolute Gasteiger partial charge is 0.370 e. The van der Waals surface area contributed by atoms with Gasteiger partial charge in [-0.25, -0.2) is 4.79 Å². The van der Waals surface area contributed by atoms with Crippen LogP contribution in [-0.2, 0) is 11.3 Å². The zero-order valence-electron chi connectivity index (χ0n) is 13.3. The van der Waals surface area contributed by atoms with E-state index in [1.165, 1.54) is 0 Å². The molecule has 0 radical (unpaired) electrons. The van der Waals surface area contributed by atoms with Crippen LogP contribution in [0.3, 0.4) is 0 Å². The summed E-state index contributed by atoms with van der Waals surface area (Å²) >= 11 is 18.0. The normalized spacial score (nSPS) is 17.4. The van der Waals surface area contributed by atoms with Gasteiger partial charge < -0.3 is 15.0 Å². The number of rotatable bonds is 3. The number of ether oxygens (including phenoxy) is 1. The topological polar surface area (TPSA) is 41.6 Å². The van der Waals surface area contributed by atoms with E-state index in [0.29, 0.717) is 41.3 Å². The second-order valence-electron chi connectivity index (χ2n) is 5.79. The molecule has 1 N–H and O–H groups in total. The lowest BCUT2D eigenvalue weighted by Gasteiger charge is -2.33. The Bertz CT molecular complexity index is 732. The molecule has 0 spiro atoms. The van der Waals surface area contributed by atoms with Crippen molar-refractivity contribution in [3.63, 3.8) is 0 Å². The van der Waals surface area contributed by atoms with Crippen LogP contribution in [0.4, 0.5) is 4.79 Å². The first-order chi connectivity index (χ1) is 12.0. The Morgan fingerprint density at radius 3 is 2.44 bits per heavy atom. The lowest BCUT2D eigenvalue weighted by atomic mass is 10.1. The summed E-state index contributed by atoms with van der Waals surface area (Å²) in [5.41, 5.74) is 1.86. The highest BCUT2D eigenvalue weighted by molar-refractivity contribution is 6.34. The molecule has 0 bridgehead atoms. The third-order valence-corrected chi connectivity index (χ3v) is 4.66. The molecule has 1 saturated heterocycles. The number of carbonyl (C=O) groups is 1. The molecule has 1 aliphatic heterocycles. The van der Waals surface area contributed by atoms with E-state index in [2.05, 4.69) is 5.32 Å². The predicted molar refractivity (Wildman–Crippen MR) is 100 cm³/mol. The fourth-order valence-electron chi connectivity index (χ4n) is 2.69. The maximum absolute atomic E-state index is 12.4. The van der Waals surface area contributed by atoms with Crippen LogP contribution in [0.25, 0.3) is 0 Å². The lowest BCUT2D eigenvalue weighted by Crippen LogP contribution is -2.46. The van der Waals surface area contributed by atoms with Crippen molar-refractivity contribution < 1.29 is 9.53 Å². The minimum Gasteiger partial charge on any atom is -0.370 e. The number of benzene rings is 2. The summed E-state index contributed by atoms with van der Waals surface area (Å²) in [6.07, 6.45) is -0.244. The maximum atomic E-state index is 12.4. The molecule has 1 unspecified atom stereocenters. The maximum Gasteiger partial charge on any atom is 0.317 e. The molecule has 2 amide bonds. The molecule has 3 rings (SSSR count). The highest BCUT2D eigenvalue weighted by atomic mass is 35.5. The van der Waals surface area contributed by atoms with Gasteiger partial charge in [-0.1, -0.05) is 46.9 Å². The smallest absolute Gasteiger partial charge is 0.317 e. The van der Waals surface area contributed by atoms with Crippen LogP contribution in [0.5, 0.6) is 0 Å². The van der Waals surface area contributed by atoms with E-state index < -0.39 is 0 Å². The Morgan fingerprint density at radius 1 is 1.08 bits per heavy atom. The van der Waals surface area contributed by atoms with Crippen molar-refractivity contribution in [2.24, 2.45) is 0 Å². The number of amides is 2. The predicted octanol–water partition coefficient (Wildman–Crippen LogP) is 4.93. The van der Waals surface area contributed by atoms with Crippen molar-refractivity contribution in [1.82, 2.24) is 10.2 Å². The number of urea groups is 1. The summed E-state index contributed by atoms with van der Waals surface area (Å²) in [4.78, 5) is 14.2. The number of hydrogen-bond donors (Lipinski definition) is 1. The van der Waals surface area contributed by atoms with Gasteiger partial charge in [0, 0.05) is 28.2 Å². The molecule has 1 atom stereocenters. The molecule has 0 saturated carbocycles. The van der Waals surface area contributed by atoms with Crippen LogP contribution < -0.4 is 5.32 Å². The highest BCUT2D eigenvalue weighted by Crippen LogP contribution is 2.28.